The highest BCUT2D eigenvalue weighted by Crippen LogP contribution is 2.20. The molecule has 3 unspecified atom stereocenters. The molecule has 1 saturated heterocycles. The minimum Gasteiger partial charge on any atom is -0.379 e. The number of nitrogens with zero attached hydrogens (tertiary/aromatic N) is 1. The molecule has 1 amide bonds. The number of hydrogen-bond donors (Lipinski definition) is 2. The summed E-state index contributed by atoms with van der Waals surface area (Å²) >= 11 is 0. The molecule has 3 N–H and O–H groups in total. The highest BCUT2D eigenvalue weighted by Gasteiger charge is 2.32. The molecule has 0 saturated carbocycles. The van der Waals surface area contributed by atoms with Crippen LogP contribution < -0.4 is 11.1 Å². The Kier molecular flexibility index (Phi) is 4.31. The van der Waals surface area contributed by atoms with Crippen LogP contribution in [0, 0.1) is 16.0 Å². The normalized spacial score (nSPS) is 23.3. The lowest BCUT2D eigenvalue weighted by molar-refractivity contribution is -0.384. The molecule has 0 spiro atoms. The number of carbonyl (C=O) groups excluding carboxylic acids is 1. The van der Waals surface area contributed by atoms with Gasteiger partial charge in [-0.25, -0.2) is 0 Å². The molecule has 0 bridgehead atoms. The molecule has 2 rings (SSSR count). The molecule has 1 fully saturated rings. The average molecular weight is 279 g/mol. The third-order valence-electron chi connectivity index (χ3n) is 3.40. The van der Waals surface area contributed by atoms with Crippen LogP contribution in [0.15, 0.2) is 24.3 Å². The van der Waals surface area contributed by atoms with E-state index in [0.717, 1.165) is 0 Å². The van der Waals surface area contributed by atoms with Crippen LogP contribution in [0.4, 0.5) is 5.69 Å². The number of non-ortho nitro benzene ring substituents is 1. The van der Waals surface area contributed by atoms with Gasteiger partial charge in [0, 0.05) is 18.2 Å². The topological polar surface area (TPSA) is 107 Å². The first-order valence-electron chi connectivity index (χ1n) is 6.37. The monoisotopic (exact) mass is 279 g/mol. The number of ether oxygens (including phenoxy) is 1. The number of rotatable bonds is 4. The second kappa shape index (κ2) is 5.98. The second-order valence-corrected chi connectivity index (χ2v) is 4.89. The fraction of sp³-hybridized carbons (Fsp3) is 0.462. The number of nitro benzene ring substituents is 1. The van der Waals surface area contributed by atoms with Crippen molar-refractivity contribution in [2.24, 2.45) is 11.7 Å². The van der Waals surface area contributed by atoms with E-state index in [-0.39, 0.29) is 29.6 Å². The first kappa shape index (κ1) is 14.4. The number of nitro groups is 1. The Bertz CT molecular complexity index is 520. The van der Waals surface area contributed by atoms with E-state index in [1.165, 1.54) is 12.1 Å². The summed E-state index contributed by atoms with van der Waals surface area (Å²) in [7, 11) is 0. The van der Waals surface area contributed by atoms with E-state index in [4.69, 9.17) is 10.5 Å². The molecule has 1 aromatic carbocycles. The van der Waals surface area contributed by atoms with Crippen molar-refractivity contribution in [1.82, 2.24) is 5.32 Å². The predicted molar refractivity (Wildman–Crippen MR) is 71.9 cm³/mol. The molecular formula is C13H17N3O4. The van der Waals surface area contributed by atoms with Crippen molar-refractivity contribution in [2.75, 3.05) is 13.2 Å². The number of nitrogens with two attached hydrogens (primary N) is 1. The number of nitrogens with one attached hydrogen (secondary N) is 1. The van der Waals surface area contributed by atoms with E-state index in [2.05, 4.69) is 5.32 Å². The van der Waals surface area contributed by atoms with Crippen molar-refractivity contribution in [3.63, 3.8) is 0 Å². The van der Waals surface area contributed by atoms with Gasteiger partial charge in [0.1, 0.15) is 0 Å². The summed E-state index contributed by atoms with van der Waals surface area (Å²) in [5, 5.41) is 13.5. The third kappa shape index (κ3) is 3.12. The van der Waals surface area contributed by atoms with Gasteiger partial charge in [-0.15, -0.1) is 0 Å². The van der Waals surface area contributed by atoms with E-state index in [9.17, 15) is 14.9 Å². The molecule has 0 aliphatic carbocycles. The third-order valence-corrected chi connectivity index (χ3v) is 3.40. The van der Waals surface area contributed by atoms with E-state index >= 15 is 0 Å². The largest absolute Gasteiger partial charge is 0.379 e. The van der Waals surface area contributed by atoms with Crippen LogP contribution in [0.3, 0.4) is 0 Å². The number of benzene rings is 1. The molecule has 1 aromatic rings. The van der Waals surface area contributed by atoms with Gasteiger partial charge in [-0.05, 0) is 12.5 Å². The molecule has 0 radical (unpaired) electrons. The standard InChI is InChI=1S/C13H17N3O4/c1-8(9-3-2-4-10(5-9)16(18)19)15-13(17)11-6-20-7-12(11)14/h2-5,8,11-12H,6-7,14H2,1H3,(H,15,17). The molecule has 7 nitrogen and oxygen atoms in total. The Morgan fingerprint density at radius 1 is 1.55 bits per heavy atom. The summed E-state index contributed by atoms with van der Waals surface area (Å²) in [6, 6.07) is 5.58. The number of hydrogen-bond acceptors (Lipinski definition) is 5. The van der Waals surface area contributed by atoms with Crippen molar-refractivity contribution < 1.29 is 14.5 Å². The average Bonchev–Trinajstić information content (AvgIpc) is 2.85. The van der Waals surface area contributed by atoms with Gasteiger partial charge < -0.3 is 15.8 Å². The van der Waals surface area contributed by atoms with Crippen LogP contribution in [0.5, 0.6) is 0 Å². The van der Waals surface area contributed by atoms with Crippen LogP contribution in [-0.4, -0.2) is 30.1 Å². The molecule has 3 atom stereocenters. The maximum Gasteiger partial charge on any atom is 0.269 e. The molecule has 1 aliphatic rings. The summed E-state index contributed by atoms with van der Waals surface area (Å²) in [5.74, 6) is -0.551. The Labute approximate surface area is 116 Å². The summed E-state index contributed by atoms with van der Waals surface area (Å²) in [5.41, 5.74) is 6.47. The highest BCUT2D eigenvalue weighted by atomic mass is 16.6. The molecule has 0 aromatic heterocycles. The predicted octanol–water partition coefficient (Wildman–Crippen LogP) is 0.746. The smallest absolute Gasteiger partial charge is 0.269 e. The summed E-state index contributed by atoms with van der Waals surface area (Å²) < 4.78 is 5.15. The Balaban J connectivity index is 2.04. The number of carbonyl (C=O) groups is 1. The van der Waals surface area contributed by atoms with Crippen molar-refractivity contribution in [3.05, 3.63) is 39.9 Å². The molecule has 1 aliphatic heterocycles. The van der Waals surface area contributed by atoms with Gasteiger partial charge in [-0.2, -0.15) is 0 Å². The molecule has 1 heterocycles. The SMILES string of the molecule is CC(NC(=O)C1COCC1N)c1cccc([N+](=O)[O-])c1. The van der Waals surface area contributed by atoms with E-state index in [0.29, 0.717) is 18.8 Å². The first-order chi connectivity index (χ1) is 9.49. The van der Waals surface area contributed by atoms with Crippen LogP contribution >= 0.6 is 0 Å². The maximum absolute atomic E-state index is 12.1. The van der Waals surface area contributed by atoms with E-state index in [1.54, 1.807) is 19.1 Å². The Hall–Kier alpha value is -1.99. The fourth-order valence-electron chi connectivity index (χ4n) is 2.15. The van der Waals surface area contributed by atoms with Gasteiger partial charge in [0.2, 0.25) is 5.91 Å². The van der Waals surface area contributed by atoms with Crippen LogP contribution in [-0.2, 0) is 9.53 Å². The minimum absolute atomic E-state index is 0.00417. The van der Waals surface area contributed by atoms with Crippen LogP contribution in [0.2, 0.25) is 0 Å². The van der Waals surface area contributed by atoms with Gasteiger partial charge in [0.15, 0.2) is 0 Å². The lowest BCUT2D eigenvalue weighted by Crippen LogP contribution is -2.41. The van der Waals surface area contributed by atoms with Gasteiger partial charge >= 0.3 is 0 Å². The lowest BCUT2D eigenvalue weighted by atomic mass is 10.0. The zero-order valence-corrected chi connectivity index (χ0v) is 11.1. The van der Waals surface area contributed by atoms with Gasteiger partial charge in [0.05, 0.1) is 30.1 Å². The van der Waals surface area contributed by atoms with Gasteiger partial charge in [0.25, 0.3) is 5.69 Å². The maximum atomic E-state index is 12.1. The van der Waals surface area contributed by atoms with Crippen molar-refractivity contribution in [2.45, 2.75) is 19.0 Å². The molecule has 7 heteroatoms. The second-order valence-electron chi connectivity index (χ2n) is 4.89. The van der Waals surface area contributed by atoms with Crippen LogP contribution in [0.1, 0.15) is 18.5 Å². The first-order valence-corrected chi connectivity index (χ1v) is 6.37. The number of amides is 1. The molecule has 20 heavy (non-hydrogen) atoms. The molecular weight excluding hydrogens is 262 g/mol. The quantitative estimate of drug-likeness (QED) is 0.624. The van der Waals surface area contributed by atoms with Gasteiger partial charge in [-0.1, -0.05) is 12.1 Å². The van der Waals surface area contributed by atoms with Crippen molar-refractivity contribution in [3.8, 4) is 0 Å². The summed E-state index contributed by atoms with van der Waals surface area (Å²) in [4.78, 5) is 22.3. The zero-order valence-electron chi connectivity index (χ0n) is 11.1. The van der Waals surface area contributed by atoms with E-state index in [1.807, 2.05) is 0 Å². The van der Waals surface area contributed by atoms with Crippen molar-refractivity contribution in [1.29, 1.82) is 0 Å². The van der Waals surface area contributed by atoms with Crippen LogP contribution in [0.25, 0.3) is 0 Å². The lowest BCUT2D eigenvalue weighted by Gasteiger charge is -2.18. The highest BCUT2D eigenvalue weighted by molar-refractivity contribution is 5.80. The zero-order chi connectivity index (χ0) is 14.7. The van der Waals surface area contributed by atoms with E-state index < -0.39 is 4.92 Å². The molecule has 108 valence electrons. The minimum atomic E-state index is -0.460. The van der Waals surface area contributed by atoms with Crippen molar-refractivity contribution >= 4 is 11.6 Å². The summed E-state index contributed by atoms with van der Waals surface area (Å²) in [6.45, 7) is 2.47. The Morgan fingerprint density at radius 2 is 2.30 bits per heavy atom. The van der Waals surface area contributed by atoms with Gasteiger partial charge in [-0.3, -0.25) is 14.9 Å². The Morgan fingerprint density at radius 3 is 2.90 bits per heavy atom. The summed E-state index contributed by atoms with van der Waals surface area (Å²) in [6.07, 6.45) is 0. The fourth-order valence-corrected chi connectivity index (χ4v) is 2.15.